The number of rotatable bonds is 6. The maximum absolute atomic E-state index is 12.9. The number of carbonyl (C=O) groups is 2. The summed E-state index contributed by atoms with van der Waals surface area (Å²) < 4.78 is 27.1. The van der Waals surface area contributed by atoms with Crippen LogP contribution in [0, 0.1) is 5.92 Å². The highest BCUT2D eigenvalue weighted by Crippen LogP contribution is 2.20. The predicted octanol–water partition coefficient (Wildman–Crippen LogP) is 2.05. The second-order valence-electron chi connectivity index (χ2n) is 7.88. The second kappa shape index (κ2) is 9.05. The van der Waals surface area contributed by atoms with Gasteiger partial charge >= 0.3 is 0 Å². The first-order valence-corrected chi connectivity index (χ1v) is 11.1. The molecule has 2 rings (SSSR count). The fourth-order valence-electron chi connectivity index (χ4n) is 3.25. The summed E-state index contributed by atoms with van der Waals surface area (Å²) in [7, 11) is -3.64. The summed E-state index contributed by atoms with van der Waals surface area (Å²) >= 11 is 0. The van der Waals surface area contributed by atoms with E-state index in [1.807, 2.05) is 13.8 Å². The zero-order valence-corrected chi connectivity index (χ0v) is 18.2. The molecule has 0 aromatic heterocycles. The van der Waals surface area contributed by atoms with Crippen molar-refractivity contribution < 1.29 is 18.0 Å². The van der Waals surface area contributed by atoms with E-state index in [0.717, 1.165) is 0 Å². The zero-order chi connectivity index (χ0) is 21.1. The fourth-order valence-corrected chi connectivity index (χ4v) is 4.67. The van der Waals surface area contributed by atoms with Gasteiger partial charge in [-0.1, -0.05) is 13.8 Å². The van der Waals surface area contributed by atoms with Crippen LogP contribution < -0.4 is 0 Å². The monoisotopic (exact) mass is 409 g/mol. The highest BCUT2D eigenvalue weighted by molar-refractivity contribution is 7.89. The van der Waals surface area contributed by atoms with Crippen molar-refractivity contribution in [2.45, 2.75) is 45.6 Å². The molecule has 8 heteroatoms. The van der Waals surface area contributed by atoms with Crippen molar-refractivity contribution in [3.8, 4) is 0 Å². The number of nitrogens with zero attached hydrogens (tertiary/aromatic N) is 3. The summed E-state index contributed by atoms with van der Waals surface area (Å²) in [4.78, 5) is 27.8. The van der Waals surface area contributed by atoms with E-state index < -0.39 is 10.0 Å². The number of carbonyl (C=O) groups excluding carboxylic acids is 2. The second-order valence-corrected chi connectivity index (χ2v) is 9.82. The maximum atomic E-state index is 12.9. The van der Waals surface area contributed by atoms with Gasteiger partial charge in [0, 0.05) is 51.3 Å². The molecule has 0 aliphatic carbocycles. The van der Waals surface area contributed by atoms with Gasteiger partial charge in [-0.2, -0.15) is 4.31 Å². The summed E-state index contributed by atoms with van der Waals surface area (Å²) in [5.41, 5.74) is 0.481. The van der Waals surface area contributed by atoms with Gasteiger partial charge in [0.25, 0.3) is 5.91 Å². The Labute approximate surface area is 168 Å². The average Bonchev–Trinajstić information content (AvgIpc) is 2.65. The molecule has 0 spiro atoms. The first kappa shape index (κ1) is 22.4. The van der Waals surface area contributed by atoms with E-state index in [-0.39, 0.29) is 35.8 Å². The standard InChI is InChI=1S/C20H31N3O4S/c1-15(2)14-23(16(3)4)20(25)18-6-8-19(9-7-18)28(26,27)22-12-10-21(11-13-22)17(5)24/h6-9,15-16H,10-14H2,1-5H3. The van der Waals surface area contributed by atoms with Crippen LogP contribution in [0.25, 0.3) is 0 Å². The molecule has 1 aliphatic rings. The van der Waals surface area contributed by atoms with Crippen LogP contribution in [0.2, 0.25) is 0 Å². The summed E-state index contributed by atoms with van der Waals surface area (Å²) in [5, 5.41) is 0. The van der Waals surface area contributed by atoms with Gasteiger partial charge in [-0.05, 0) is 44.0 Å². The number of amides is 2. The lowest BCUT2D eigenvalue weighted by Crippen LogP contribution is -2.49. The molecule has 0 bridgehead atoms. The lowest BCUT2D eigenvalue weighted by atomic mass is 10.1. The van der Waals surface area contributed by atoms with Crippen LogP contribution in [0.4, 0.5) is 0 Å². The van der Waals surface area contributed by atoms with E-state index >= 15 is 0 Å². The maximum Gasteiger partial charge on any atom is 0.254 e. The van der Waals surface area contributed by atoms with Crippen molar-refractivity contribution in [2.24, 2.45) is 5.92 Å². The summed E-state index contributed by atoms with van der Waals surface area (Å²) in [5.74, 6) is 0.207. The molecule has 0 radical (unpaired) electrons. The predicted molar refractivity (Wildman–Crippen MR) is 108 cm³/mol. The Balaban J connectivity index is 2.15. The van der Waals surface area contributed by atoms with Crippen LogP contribution in [-0.4, -0.2) is 73.1 Å². The van der Waals surface area contributed by atoms with E-state index in [0.29, 0.717) is 31.1 Å². The van der Waals surface area contributed by atoms with Crippen LogP contribution in [0.5, 0.6) is 0 Å². The highest BCUT2D eigenvalue weighted by Gasteiger charge is 2.29. The molecule has 156 valence electrons. The van der Waals surface area contributed by atoms with Crippen LogP contribution in [0.1, 0.15) is 45.0 Å². The Hall–Kier alpha value is -1.93. The number of hydrogen-bond acceptors (Lipinski definition) is 4. The minimum absolute atomic E-state index is 0.0454. The number of sulfonamides is 1. The Morgan fingerprint density at radius 2 is 1.54 bits per heavy atom. The van der Waals surface area contributed by atoms with Gasteiger partial charge < -0.3 is 9.80 Å². The summed E-state index contributed by atoms with van der Waals surface area (Å²) in [6, 6.07) is 6.21. The molecule has 0 saturated carbocycles. The average molecular weight is 410 g/mol. The van der Waals surface area contributed by atoms with Gasteiger partial charge in [-0.3, -0.25) is 9.59 Å². The molecule has 1 heterocycles. The molecule has 28 heavy (non-hydrogen) atoms. The van der Waals surface area contributed by atoms with Gasteiger partial charge in [0.05, 0.1) is 4.90 Å². The lowest BCUT2D eigenvalue weighted by molar-refractivity contribution is -0.129. The largest absolute Gasteiger partial charge is 0.340 e. The Morgan fingerprint density at radius 3 is 1.96 bits per heavy atom. The molecule has 1 aliphatic heterocycles. The van der Waals surface area contributed by atoms with Gasteiger partial charge in [-0.15, -0.1) is 0 Å². The van der Waals surface area contributed by atoms with Crippen molar-refractivity contribution in [2.75, 3.05) is 32.7 Å². The number of hydrogen-bond donors (Lipinski definition) is 0. The van der Waals surface area contributed by atoms with Gasteiger partial charge in [0.1, 0.15) is 0 Å². The Morgan fingerprint density at radius 1 is 1.00 bits per heavy atom. The molecule has 1 aromatic rings. The van der Waals surface area contributed by atoms with Crippen LogP contribution in [0.15, 0.2) is 29.2 Å². The van der Waals surface area contributed by atoms with E-state index in [9.17, 15) is 18.0 Å². The molecule has 1 aromatic carbocycles. The van der Waals surface area contributed by atoms with Gasteiger partial charge in [0.2, 0.25) is 15.9 Å². The quantitative estimate of drug-likeness (QED) is 0.720. The van der Waals surface area contributed by atoms with Crippen molar-refractivity contribution in [3.63, 3.8) is 0 Å². The van der Waals surface area contributed by atoms with Gasteiger partial charge in [0.15, 0.2) is 0 Å². The highest BCUT2D eigenvalue weighted by atomic mass is 32.2. The third-order valence-electron chi connectivity index (χ3n) is 4.87. The third kappa shape index (κ3) is 5.11. The molecule has 0 N–H and O–H groups in total. The zero-order valence-electron chi connectivity index (χ0n) is 17.4. The molecule has 1 fully saturated rings. The number of piperazine rings is 1. The van der Waals surface area contributed by atoms with Crippen molar-refractivity contribution in [3.05, 3.63) is 29.8 Å². The first-order chi connectivity index (χ1) is 13.0. The smallest absolute Gasteiger partial charge is 0.254 e. The minimum Gasteiger partial charge on any atom is -0.340 e. The van der Waals surface area contributed by atoms with E-state index in [1.165, 1.54) is 23.4 Å². The van der Waals surface area contributed by atoms with Crippen molar-refractivity contribution in [1.82, 2.24) is 14.1 Å². The molecular formula is C20H31N3O4S. The first-order valence-electron chi connectivity index (χ1n) is 9.70. The molecule has 0 unspecified atom stereocenters. The van der Waals surface area contributed by atoms with Crippen LogP contribution >= 0.6 is 0 Å². The molecular weight excluding hydrogens is 378 g/mol. The van der Waals surface area contributed by atoms with E-state index in [2.05, 4.69) is 13.8 Å². The molecule has 2 amide bonds. The van der Waals surface area contributed by atoms with E-state index in [4.69, 9.17) is 0 Å². The Kier molecular flexibility index (Phi) is 7.22. The molecule has 7 nitrogen and oxygen atoms in total. The van der Waals surface area contributed by atoms with Crippen molar-refractivity contribution in [1.29, 1.82) is 0 Å². The van der Waals surface area contributed by atoms with E-state index in [1.54, 1.807) is 21.9 Å². The van der Waals surface area contributed by atoms with Gasteiger partial charge in [-0.25, -0.2) is 8.42 Å². The lowest BCUT2D eigenvalue weighted by Gasteiger charge is -2.33. The normalized spacial score (nSPS) is 15.9. The van der Waals surface area contributed by atoms with Crippen LogP contribution in [-0.2, 0) is 14.8 Å². The molecule has 0 atom stereocenters. The summed E-state index contributed by atoms with van der Waals surface area (Å²) in [6.45, 7) is 11.5. The number of benzene rings is 1. The Bertz CT molecular complexity index is 795. The third-order valence-corrected chi connectivity index (χ3v) is 6.78. The topological polar surface area (TPSA) is 78.0 Å². The minimum atomic E-state index is -3.64. The van der Waals surface area contributed by atoms with Crippen molar-refractivity contribution >= 4 is 21.8 Å². The molecule has 1 saturated heterocycles. The van der Waals surface area contributed by atoms with Crippen LogP contribution in [0.3, 0.4) is 0 Å². The SMILES string of the molecule is CC(=O)N1CCN(S(=O)(=O)c2ccc(C(=O)N(CC(C)C)C(C)C)cc2)CC1. The fraction of sp³-hybridized carbons (Fsp3) is 0.600. The summed E-state index contributed by atoms with van der Waals surface area (Å²) in [6.07, 6.45) is 0.